The lowest BCUT2D eigenvalue weighted by molar-refractivity contribution is -0.150. The Bertz CT molecular complexity index is 865. The molecule has 0 saturated carbocycles. The Morgan fingerprint density at radius 3 is 2.48 bits per heavy atom. The molecule has 4 atom stereocenters. The van der Waals surface area contributed by atoms with Gasteiger partial charge in [-0.15, -0.1) is 0 Å². The maximum atomic E-state index is 13.1. The van der Waals surface area contributed by atoms with Crippen LogP contribution in [-0.4, -0.2) is 91.2 Å². The van der Waals surface area contributed by atoms with Crippen molar-refractivity contribution in [1.82, 2.24) is 25.5 Å². The Balaban J connectivity index is 2.21. The lowest BCUT2D eigenvalue weighted by atomic mass is 10.1. The van der Waals surface area contributed by atoms with E-state index in [4.69, 9.17) is 10.8 Å². The summed E-state index contributed by atoms with van der Waals surface area (Å²) in [5.74, 6) is -4.39. The molecule has 7 N–H and O–H groups in total. The van der Waals surface area contributed by atoms with E-state index in [-0.39, 0.29) is 31.6 Å². The van der Waals surface area contributed by atoms with Gasteiger partial charge in [0.1, 0.15) is 18.1 Å². The fourth-order valence-corrected chi connectivity index (χ4v) is 3.64. The second-order valence-electron chi connectivity index (χ2n) is 7.65. The summed E-state index contributed by atoms with van der Waals surface area (Å²) >= 11 is 3.97. The number of hydrogen-bond donors (Lipinski definition) is 7. The number of aromatic nitrogens is 2. The van der Waals surface area contributed by atoms with Crippen LogP contribution in [0.3, 0.4) is 0 Å². The smallest absolute Gasteiger partial charge is 0.326 e. The van der Waals surface area contributed by atoms with Gasteiger partial charge in [0.05, 0.1) is 12.4 Å². The van der Waals surface area contributed by atoms with Gasteiger partial charge in [0, 0.05) is 37.0 Å². The Morgan fingerprint density at radius 2 is 1.91 bits per heavy atom. The number of H-pyrrole nitrogens is 1. The molecule has 3 amide bonds. The Labute approximate surface area is 194 Å². The van der Waals surface area contributed by atoms with E-state index in [0.717, 1.165) is 4.90 Å². The number of hydrogen-bond acceptors (Lipinski definition) is 8. The minimum absolute atomic E-state index is 0.00181. The lowest BCUT2D eigenvalue weighted by Crippen LogP contribution is -2.58. The van der Waals surface area contributed by atoms with Crippen LogP contribution in [0, 0.1) is 0 Å². The highest BCUT2D eigenvalue weighted by Gasteiger charge is 2.38. The predicted molar refractivity (Wildman–Crippen MR) is 117 cm³/mol. The van der Waals surface area contributed by atoms with E-state index in [2.05, 4.69) is 33.2 Å². The quantitative estimate of drug-likeness (QED) is 0.165. The number of nitrogens with two attached hydrogens (primary N) is 1. The third-order valence-corrected chi connectivity index (χ3v) is 5.62. The fraction of sp³-hybridized carbons (Fsp3) is 0.579. The molecule has 1 aliphatic rings. The SMILES string of the molecule is NC(CS)C(=O)NC(Cc1cnc[nH]1)C(=O)NC(CCC(=O)O)C(=O)N1CCCC1C(=O)O. The van der Waals surface area contributed by atoms with Crippen molar-refractivity contribution in [2.45, 2.75) is 56.3 Å². The van der Waals surface area contributed by atoms with Crippen molar-refractivity contribution < 1.29 is 34.2 Å². The second kappa shape index (κ2) is 12.2. The Morgan fingerprint density at radius 1 is 1.21 bits per heavy atom. The van der Waals surface area contributed by atoms with Crippen molar-refractivity contribution in [3.8, 4) is 0 Å². The minimum atomic E-state index is -1.28. The molecular formula is C19H28N6O7S. The van der Waals surface area contributed by atoms with Gasteiger partial charge in [-0.3, -0.25) is 19.2 Å². The summed E-state index contributed by atoms with van der Waals surface area (Å²) < 4.78 is 0. The van der Waals surface area contributed by atoms with Crippen LogP contribution >= 0.6 is 12.6 Å². The third-order valence-electron chi connectivity index (χ3n) is 5.23. The van der Waals surface area contributed by atoms with E-state index in [0.29, 0.717) is 12.1 Å². The van der Waals surface area contributed by atoms with Crippen LogP contribution < -0.4 is 16.4 Å². The monoisotopic (exact) mass is 484 g/mol. The van der Waals surface area contributed by atoms with Crippen LogP contribution in [0.1, 0.15) is 31.4 Å². The van der Waals surface area contributed by atoms with E-state index in [1.165, 1.54) is 12.5 Å². The molecule has 0 bridgehead atoms. The largest absolute Gasteiger partial charge is 0.481 e. The molecule has 1 aromatic rings. The van der Waals surface area contributed by atoms with E-state index >= 15 is 0 Å². The first-order chi connectivity index (χ1) is 15.6. The van der Waals surface area contributed by atoms with Crippen LogP contribution in [0.4, 0.5) is 0 Å². The summed E-state index contributed by atoms with van der Waals surface area (Å²) in [7, 11) is 0. The van der Waals surface area contributed by atoms with Crippen molar-refractivity contribution in [1.29, 1.82) is 0 Å². The van der Waals surface area contributed by atoms with Gasteiger partial charge in [-0.05, 0) is 19.3 Å². The molecule has 182 valence electrons. The molecule has 0 radical (unpaired) electrons. The Hall–Kier alpha value is -3.13. The number of nitrogens with one attached hydrogen (secondary N) is 3. The number of thiol groups is 1. The molecule has 0 aromatic carbocycles. The first-order valence-electron chi connectivity index (χ1n) is 10.3. The number of carbonyl (C=O) groups is 5. The number of amides is 3. The Kier molecular flexibility index (Phi) is 9.66. The van der Waals surface area contributed by atoms with Gasteiger partial charge in [-0.2, -0.15) is 12.6 Å². The number of nitrogens with zero attached hydrogens (tertiary/aromatic N) is 2. The lowest BCUT2D eigenvalue weighted by Gasteiger charge is -2.28. The molecule has 2 heterocycles. The van der Waals surface area contributed by atoms with E-state index in [1.54, 1.807) is 0 Å². The molecule has 13 nitrogen and oxygen atoms in total. The fourth-order valence-electron chi connectivity index (χ4n) is 3.47. The standard InChI is InChI=1S/C19H28N6O7S/c20-11(8-33)16(28)24-13(6-10-7-21-9-22-10)17(29)23-12(3-4-15(26)27)18(30)25-5-1-2-14(25)19(31)32/h7,9,11-14,33H,1-6,8,20H2,(H,21,22)(H,23,29)(H,24,28)(H,26,27)(H,31,32). The highest BCUT2D eigenvalue weighted by molar-refractivity contribution is 7.80. The zero-order valence-corrected chi connectivity index (χ0v) is 18.7. The molecule has 1 saturated heterocycles. The summed E-state index contributed by atoms with van der Waals surface area (Å²) in [5.41, 5.74) is 6.20. The maximum absolute atomic E-state index is 13.1. The van der Waals surface area contributed by atoms with Gasteiger partial charge in [-0.25, -0.2) is 9.78 Å². The van der Waals surface area contributed by atoms with E-state index in [1.807, 2.05) is 0 Å². The number of carbonyl (C=O) groups excluding carboxylic acids is 3. The molecular weight excluding hydrogens is 456 g/mol. The average molecular weight is 485 g/mol. The van der Waals surface area contributed by atoms with Gasteiger partial charge in [0.25, 0.3) is 0 Å². The van der Waals surface area contributed by atoms with E-state index in [9.17, 15) is 29.1 Å². The van der Waals surface area contributed by atoms with Crippen LogP contribution in [0.5, 0.6) is 0 Å². The van der Waals surface area contributed by atoms with Crippen LogP contribution in [0.25, 0.3) is 0 Å². The molecule has 2 rings (SSSR count). The number of imidazole rings is 1. The molecule has 1 aromatic heterocycles. The summed E-state index contributed by atoms with van der Waals surface area (Å²) in [4.78, 5) is 68.7. The van der Waals surface area contributed by atoms with Gasteiger partial charge in [0.15, 0.2) is 0 Å². The molecule has 14 heteroatoms. The van der Waals surface area contributed by atoms with Crippen LogP contribution in [-0.2, 0) is 30.4 Å². The number of rotatable bonds is 12. The zero-order chi connectivity index (χ0) is 24.5. The van der Waals surface area contributed by atoms with Crippen molar-refractivity contribution in [2.75, 3.05) is 12.3 Å². The second-order valence-corrected chi connectivity index (χ2v) is 8.02. The van der Waals surface area contributed by atoms with Gasteiger partial charge in [0.2, 0.25) is 17.7 Å². The van der Waals surface area contributed by atoms with Crippen molar-refractivity contribution >= 4 is 42.3 Å². The molecule has 1 aliphatic heterocycles. The number of aliphatic carboxylic acids is 2. The van der Waals surface area contributed by atoms with Crippen LogP contribution in [0.15, 0.2) is 12.5 Å². The summed E-state index contributed by atoms with van der Waals surface area (Å²) in [6.07, 6.45) is 2.92. The normalized spacial score (nSPS) is 18.2. The number of likely N-dealkylation sites (tertiary alicyclic amines) is 1. The zero-order valence-electron chi connectivity index (χ0n) is 17.8. The van der Waals surface area contributed by atoms with Crippen LogP contribution in [0.2, 0.25) is 0 Å². The minimum Gasteiger partial charge on any atom is -0.481 e. The first-order valence-corrected chi connectivity index (χ1v) is 11.0. The van der Waals surface area contributed by atoms with Gasteiger partial charge >= 0.3 is 11.9 Å². The summed E-state index contributed by atoms with van der Waals surface area (Å²) in [6, 6.07) is -4.46. The number of carboxylic acids is 2. The first kappa shape index (κ1) is 26.1. The summed E-state index contributed by atoms with van der Waals surface area (Å²) in [6.45, 7) is 0.181. The molecule has 1 fully saturated rings. The van der Waals surface area contributed by atoms with Gasteiger partial charge < -0.3 is 36.5 Å². The molecule has 33 heavy (non-hydrogen) atoms. The summed E-state index contributed by atoms with van der Waals surface area (Å²) in [5, 5.41) is 23.4. The van der Waals surface area contributed by atoms with Gasteiger partial charge in [-0.1, -0.05) is 0 Å². The number of carboxylic acid groups (broad SMARTS) is 2. The molecule has 0 spiro atoms. The van der Waals surface area contributed by atoms with Crippen molar-refractivity contribution in [2.24, 2.45) is 5.73 Å². The van der Waals surface area contributed by atoms with E-state index < -0.39 is 60.2 Å². The highest BCUT2D eigenvalue weighted by Crippen LogP contribution is 2.19. The molecule has 4 unspecified atom stereocenters. The van der Waals surface area contributed by atoms with Crippen molar-refractivity contribution in [3.05, 3.63) is 18.2 Å². The molecule has 0 aliphatic carbocycles. The van der Waals surface area contributed by atoms with Crippen molar-refractivity contribution in [3.63, 3.8) is 0 Å². The number of aromatic amines is 1. The predicted octanol–water partition coefficient (Wildman–Crippen LogP) is -1.88. The highest BCUT2D eigenvalue weighted by atomic mass is 32.1. The topological polar surface area (TPSA) is 208 Å². The third kappa shape index (κ3) is 7.46. The average Bonchev–Trinajstić information content (AvgIpc) is 3.46. The maximum Gasteiger partial charge on any atom is 0.326 e.